The molecule has 0 radical (unpaired) electrons. The molecule has 1 aromatic heterocycles. The lowest BCUT2D eigenvalue weighted by atomic mass is 10.1. The molecule has 5 nitrogen and oxygen atoms in total. The first-order valence-corrected chi connectivity index (χ1v) is 11.0. The zero-order chi connectivity index (χ0) is 20.8. The van der Waals surface area contributed by atoms with E-state index >= 15 is 0 Å². The molecule has 0 saturated carbocycles. The molecule has 0 N–H and O–H groups in total. The molecule has 2 heterocycles. The number of piperazine rings is 1. The van der Waals surface area contributed by atoms with E-state index < -0.39 is 0 Å². The molecule has 30 heavy (non-hydrogen) atoms. The number of rotatable bonds is 6. The minimum atomic E-state index is -0.269. The van der Waals surface area contributed by atoms with Gasteiger partial charge in [0, 0.05) is 48.8 Å². The van der Waals surface area contributed by atoms with E-state index in [-0.39, 0.29) is 11.7 Å². The zero-order valence-corrected chi connectivity index (χ0v) is 17.4. The lowest BCUT2D eigenvalue weighted by Crippen LogP contribution is -2.49. The van der Waals surface area contributed by atoms with Gasteiger partial charge in [-0.2, -0.15) is 0 Å². The number of amides is 1. The molecule has 3 aromatic rings. The van der Waals surface area contributed by atoms with Gasteiger partial charge >= 0.3 is 0 Å². The molecular formula is C23H23FN4OS. The van der Waals surface area contributed by atoms with Gasteiger partial charge in [0.25, 0.3) is 0 Å². The summed E-state index contributed by atoms with van der Waals surface area (Å²) in [7, 11) is 0. The fourth-order valence-corrected chi connectivity index (χ4v) is 4.25. The van der Waals surface area contributed by atoms with Crippen molar-refractivity contribution in [2.75, 3.05) is 36.8 Å². The number of hydrogen-bond acceptors (Lipinski definition) is 5. The third-order valence-corrected chi connectivity index (χ3v) is 6.09. The number of thioether (sulfide) groups is 1. The van der Waals surface area contributed by atoms with Crippen LogP contribution in [0, 0.1) is 5.82 Å². The Balaban J connectivity index is 1.25. The van der Waals surface area contributed by atoms with Gasteiger partial charge in [0.2, 0.25) is 5.91 Å². The summed E-state index contributed by atoms with van der Waals surface area (Å²) in [4.78, 5) is 17.8. The number of benzene rings is 2. The second-order valence-electron chi connectivity index (χ2n) is 7.06. The van der Waals surface area contributed by atoms with E-state index in [1.807, 2.05) is 35.2 Å². The van der Waals surface area contributed by atoms with Gasteiger partial charge in [-0.1, -0.05) is 18.2 Å². The Morgan fingerprint density at radius 1 is 0.900 bits per heavy atom. The second-order valence-corrected chi connectivity index (χ2v) is 8.23. The second kappa shape index (κ2) is 9.71. The maximum Gasteiger partial charge on any atom is 0.223 e. The Bertz CT molecular complexity index is 959. The summed E-state index contributed by atoms with van der Waals surface area (Å²) in [6, 6.07) is 20.2. The molecule has 2 aromatic carbocycles. The summed E-state index contributed by atoms with van der Waals surface area (Å²) >= 11 is 1.71. The van der Waals surface area contributed by atoms with E-state index in [0.717, 1.165) is 30.2 Å². The van der Waals surface area contributed by atoms with Gasteiger partial charge in [-0.05, 0) is 48.5 Å². The third kappa shape index (κ3) is 5.16. The summed E-state index contributed by atoms with van der Waals surface area (Å²) in [6.45, 7) is 2.86. The van der Waals surface area contributed by atoms with Crippen LogP contribution in [0.1, 0.15) is 6.42 Å². The van der Waals surface area contributed by atoms with Crippen molar-refractivity contribution in [1.82, 2.24) is 15.1 Å². The van der Waals surface area contributed by atoms with E-state index in [1.54, 1.807) is 23.9 Å². The Kier molecular flexibility index (Phi) is 6.59. The standard InChI is InChI=1S/C23H23FN4OS/c24-19-8-6-18(7-9-19)21-10-11-22(26-25-21)27-13-15-28(16-14-27)23(29)12-17-30-20-4-2-1-3-5-20/h1-11H,12-17H2. The number of aromatic nitrogens is 2. The Hall–Kier alpha value is -2.93. The van der Waals surface area contributed by atoms with Crippen molar-refractivity contribution in [3.63, 3.8) is 0 Å². The van der Waals surface area contributed by atoms with Gasteiger partial charge in [0.05, 0.1) is 5.69 Å². The van der Waals surface area contributed by atoms with Crippen molar-refractivity contribution in [2.45, 2.75) is 11.3 Å². The molecule has 0 atom stereocenters. The minimum absolute atomic E-state index is 0.204. The van der Waals surface area contributed by atoms with Crippen LogP contribution in [0.3, 0.4) is 0 Å². The summed E-state index contributed by atoms with van der Waals surface area (Å²) in [5, 5.41) is 8.61. The van der Waals surface area contributed by atoms with Gasteiger partial charge in [-0.25, -0.2) is 4.39 Å². The SMILES string of the molecule is O=C(CCSc1ccccc1)N1CCN(c2ccc(-c3ccc(F)cc3)nn2)CC1. The van der Waals surface area contributed by atoms with Crippen molar-refractivity contribution in [2.24, 2.45) is 0 Å². The predicted molar refractivity (Wildman–Crippen MR) is 118 cm³/mol. The van der Waals surface area contributed by atoms with Crippen LogP contribution in [0.5, 0.6) is 0 Å². The zero-order valence-electron chi connectivity index (χ0n) is 16.6. The molecule has 7 heteroatoms. The molecule has 0 bridgehead atoms. The van der Waals surface area contributed by atoms with Crippen molar-refractivity contribution >= 4 is 23.5 Å². The van der Waals surface area contributed by atoms with Crippen LogP contribution in [0.4, 0.5) is 10.2 Å². The van der Waals surface area contributed by atoms with Gasteiger partial charge in [-0.3, -0.25) is 4.79 Å². The van der Waals surface area contributed by atoms with E-state index in [9.17, 15) is 9.18 Å². The lowest BCUT2D eigenvalue weighted by Gasteiger charge is -2.35. The van der Waals surface area contributed by atoms with Crippen LogP contribution in [0.25, 0.3) is 11.3 Å². The molecule has 1 saturated heterocycles. The first kappa shape index (κ1) is 20.3. The van der Waals surface area contributed by atoms with Gasteiger partial charge in [-0.15, -0.1) is 22.0 Å². The molecule has 0 spiro atoms. The molecule has 154 valence electrons. The molecule has 0 unspecified atom stereocenters. The lowest BCUT2D eigenvalue weighted by molar-refractivity contribution is -0.131. The number of anilines is 1. The minimum Gasteiger partial charge on any atom is -0.352 e. The highest BCUT2D eigenvalue weighted by Crippen LogP contribution is 2.21. The number of nitrogens with zero attached hydrogens (tertiary/aromatic N) is 4. The van der Waals surface area contributed by atoms with Crippen LogP contribution in [-0.4, -0.2) is 52.9 Å². The topological polar surface area (TPSA) is 49.3 Å². The maximum absolute atomic E-state index is 13.1. The number of halogens is 1. The van der Waals surface area contributed by atoms with E-state index in [1.165, 1.54) is 17.0 Å². The van der Waals surface area contributed by atoms with E-state index in [0.29, 0.717) is 25.2 Å². The van der Waals surface area contributed by atoms with Gasteiger partial charge in [0.1, 0.15) is 5.82 Å². The molecule has 1 aliphatic rings. The highest BCUT2D eigenvalue weighted by Gasteiger charge is 2.22. The fraction of sp³-hybridized carbons (Fsp3) is 0.261. The molecule has 4 rings (SSSR count). The average molecular weight is 423 g/mol. The van der Waals surface area contributed by atoms with Gasteiger partial charge < -0.3 is 9.80 Å². The van der Waals surface area contributed by atoms with E-state index in [2.05, 4.69) is 27.2 Å². The highest BCUT2D eigenvalue weighted by molar-refractivity contribution is 7.99. The Morgan fingerprint density at radius 3 is 2.30 bits per heavy atom. The summed E-state index contributed by atoms with van der Waals surface area (Å²) in [6.07, 6.45) is 0.547. The molecule has 1 fully saturated rings. The summed E-state index contributed by atoms with van der Waals surface area (Å²) in [5.74, 6) is 1.53. The summed E-state index contributed by atoms with van der Waals surface area (Å²) < 4.78 is 13.1. The normalized spacial score (nSPS) is 14.0. The van der Waals surface area contributed by atoms with Crippen LogP contribution >= 0.6 is 11.8 Å². The molecule has 0 aliphatic carbocycles. The van der Waals surface area contributed by atoms with Crippen molar-refractivity contribution < 1.29 is 9.18 Å². The Labute approximate surface area is 179 Å². The quantitative estimate of drug-likeness (QED) is 0.560. The molecule has 1 aliphatic heterocycles. The van der Waals surface area contributed by atoms with Crippen LogP contribution in [0.2, 0.25) is 0 Å². The van der Waals surface area contributed by atoms with Crippen LogP contribution < -0.4 is 4.90 Å². The number of hydrogen-bond donors (Lipinski definition) is 0. The average Bonchev–Trinajstić information content (AvgIpc) is 2.80. The third-order valence-electron chi connectivity index (χ3n) is 5.07. The van der Waals surface area contributed by atoms with E-state index in [4.69, 9.17) is 0 Å². The van der Waals surface area contributed by atoms with Crippen LogP contribution in [0.15, 0.2) is 71.6 Å². The van der Waals surface area contributed by atoms with Crippen molar-refractivity contribution in [1.29, 1.82) is 0 Å². The van der Waals surface area contributed by atoms with Crippen LogP contribution in [-0.2, 0) is 4.79 Å². The predicted octanol–water partition coefficient (Wildman–Crippen LogP) is 4.11. The monoisotopic (exact) mass is 422 g/mol. The van der Waals surface area contributed by atoms with Gasteiger partial charge in [0.15, 0.2) is 5.82 Å². The fourth-order valence-electron chi connectivity index (χ4n) is 3.38. The maximum atomic E-state index is 13.1. The number of carbonyl (C=O) groups is 1. The number of carbonyl (C=O) groups excluding carboxylic acids is 1. The smallest absolute Gasteiger partial charge is 0.223 e. The van der Waals surface area contributed by atoms with Crippen molar-refractivity contribution in [3.8, 4) is 11.3 Å². The highest BCUT2D eigenvalue weighted by atomic mass is 32.2. The van der Waals surface area contributed by atoms with Crippen molar-refractivity contribution in [3.05, 3.63) is 72.5 Å². The first-order valence-electron chi connectivity index (χ1n) is 9.99. The largest absolute Gasteiger partial charge is 0.352 e. The summed E-state index contributed by atoms with van der Waals surface area (Å²) in [5.41, 5.74) is 1.54. The Morgan fingerprint density at radius 2 is 1.63 bits per heavy atom. The first-order chi connectivity index (χ1) is 14.7. The molecular weight excluding hydrogens is 399 g/mol. The molecule has 1 amide bonds.